The zero-order valence-electron chi connectivity index (χ0n) is 11.2. The number of amides is 1. The summed E-state index contributed by atoms with van der Waals surface area (Å²) in [4.78, 5) is 22.2. The summed E-state index contributed by atoms with van der Waals surface area (Å²) >= 11 is 5.73. The normalized spacial score (nSPS) is 11.9. The van der Waals surface area contributed by atoms with E-state index in [9.17, 15) is 14.7 Å². The van der Waals surface area contributed by atoms with Crippen LogP contribution in [0.5, 0.6) is 5.75 Å². The van der Waals surface area contributed by atoms with Gasteiger partial charge in [-0.1, -0.05) is 18.5 Å². The maximum Gasteiger partial charge on any atom is 0.303 e. The number of aliphatic carboxylic acids is 1. The molecule has 0 saturated heterocycles. The number of carboxylic acids is 1. The maximum absolute atomic E-state index is 11.8. The molecule has 6 heteroatoms. The van der Waals surface area contributed by atoms with Crippen LogP contribution in [0.4, 0.5) is 0 Å². The minimum Gasteiger partial charge on any atom is -0.506 e. The van der Waals surface area contributed by atoms with E-state index in [1.165, 1.54) is 18.2 Å². The van der Waals surface area contributed by atoms with Crippen LogP contribution in [-0.4, -0.2) is 28.6 Å². The standard InChI is InChI=1S/C14H18ClNO4/c1-9(2-5-13(18)19)6-7-16-14(20)10-3-4-12(17)11(15)8-10/h3-4,8-9,17H,2,5-7H2,1H3,(H,16,20)(H,18,19). The number of phenolic OH excluding ortho intramolecular Hbond substituents is 1. The lowest BCUT2D eigenvalue weighted by atomic mass is 10.0. The predicted molar refractivity (Wildman–Crippen MR) is 76.1 cm³/mol. The molecule has 0 radical (unpaired) electrons. The minimum atomic E-state index is -0.806. The number of carbonyl (C=O) groups excluding carboxylic acids is 1. The highest BCUT2D eigenvalue weighted by atomic mass is 35.5. The molecule has 0 heterocycles. The second kappa shape index (κ2) is 7.75. The summed E-state index contributed by atoms with van der Waals surface area (Å²) in [5.41, 5.74) is 0.381. The smallest absolute Gasteiger partial charge is 0.303 e. The Bertz CT molecular complexity index is 490. The van der Waals surface area contributed by atoms with E-state index in [1.807, 2.05) is 6.92 Å². The molecule has 0 aliphatic rings. The number of hydrogen-bond acceptors (Lipinski definition) is 3. The van der Waals surface area contributed by atoms with Crippen molar-refractivity contribution in [2.75, 3.05) is 6.54 Å². The van der Waals surface area contributed by atoms with Gasteiger partial charge in [0.1, 0.15) is 5.75 Å². The lowest BCUT2D eigenvalue weighted by Crippen LogP contribution is -2.25. The molecule has 0 aliphatic heterocycles. The van der Waals surface area contributed by atoms with Crippen LogP contribution in [0, 0.1) is 5.92 Å². The maximum atomic E-state index is 11.8. The molecule has 5 nitrogen and oxygen atoms in total. The van der Waals surface area contributed by atoms with Crippen molar-refractivity contribution < 1.29 is 19.8 Å². The average Bonchev–Trinajstić information content (AvgIpc) is 2.39. The van der Waals surface area contributed by atoms with E-state index in [2.05, 4.69) is 5.32 Å². The van der Waals surface area contributed by atoms with Gasteiger partial charge in [-0.3, -0.25) is 9.59 Å². The molecule has 0 bridgehead atoms. The van der Waals surface area contributed by atoms with Gasteiger partial charge in [0.15, 0.2) is 0 Å². The van der Waals surface area contributed by atoms with Gasteiger partial charge in [-0.2, -0.15) is 0 Å². The molecule has 0 fully saturated rings. The molecule has 20 heavy (non-hydrogen) atoms. The van der Waals surface area contributed by atoms with Gasteiger partial charge in [0.25, 0.3) is 5.91 Å². The van der Waals surface area contributed by atoms with Crippen molar-refractivity contribution in [3.63, 3.8) is 0 Å². The Morgan fingerprint density at radius 1 is 1.35 bits per heavy atom. The zero-order chi connectivity index (χ0) is 15.1. The Kier molecular flexibility index (Phi) is 6.31. The predicted octanol–water partition coefficient (Wildman–Crippen LogP) is 2.67. The second-order valence-electron chi connectivity index (χ2n) is 4.75. The van der Waals surface area contributed by atoms with Crippen LogP contribution < -0.4 is 5.32 Å². The highest BCUT2D eigenvalue weighted by molar-refractivity contribution is 6.32. The van der Waals surface area contributed by atoms with E-state index in [0.717, 1.165) is 0 Å². The molecule has 0 spiro atoms. The summed E-state index contributed by atoms with van der Waals surface area (Å²) in [5.74, 6) is -0.905. The quantitative estimate of drug-likeness (QED) is 0.722. The largest absolute Gasteiger partial charge is 0.506 e. The van der Waals surface area contributed by atoms with Crippen LogP contribution in [0.25, 0.3) is 0 Å². The third-order valence-electron chi connectivity index (χ3n) is 2.98. The molecule has 3 N–H and O–H groups in total. The monoisotopic (exact) mass is 299 g/mol. The van der Waals surface area contributed by atoms with Crippen molar-refractivity contribution in [1.82, 2.24) is 5.32 Å². The number of carbonyl (C=O) groups is 2. The molecular formula is C14H18ClNO4. The molecule has 1 aromatic rings. The van der Waals surface area contributed by atoms with Gasteiger partial charge in [0.05, 0.1) is 5.02 Å². The Hall–Kier alpha value is -1.75. The van der Waals surface area contributed by atoms with E-state index in [0.29, 0.717) is 24.9 Å². The van der Waals surface area contributed by atoms with Crippen LogP contribution >= 0.6 is 11.6 Å². The fourth-order valence-electron chi connectivity index (χ4n) is 1.70. The molecule has 1 aromatic carbocycles. The highest BCUT2D eigenvalue weighted by Gasteiger charge is 2.09. The molecule has 0 aliphatic carbocycles. The van der Waals surface area contributed by atoms with Crippen molar-refractivity contribution >= 4 is 23.5 Å². The number of rotatable bonds is 7. The second-order valence-corrected chi connectivity index (χ2v) is 5.16. The molecule has 1 unspecified atom stereocenters. The molecule has 1 rings (SSSR count). The third kappa shape index (κ3) is 5.48. The number of nitrogens with one attached hydrogen (secondary N) is 1. The summed E-state index contributed by atoms with van der Waals surface area (Å²) in [6, 6.07) is 4.26. The van der Waals surface area contributed by atoms with E-state index in [4.69, 9.17) is 16.7 Å². The molecule has 110 valence electrons. The SMILES string of the molecule is CC(CCNC(=O)c1ccc(O)c(Cl)c1)CCC(=O)O. The summed E-state index contributed by atoms with van der Waals surface area (Å²) in [5, 5.41) is 20.7. The number of benzene rings is 1. The van der Waals surface area contributed by atoms with Crippen LogP contribution in [0.2, 0.25) is 5.02 Å². The van der Waals surface area contributed by atoms with Crippen molar-refractivity contribution in [2.24, 2.45) is 5.92 Å². The van der Waals surface area contributed by atoms with Gasteiger partial charge >= 0.3 is 5.97 Å². The Labute approximate surface area is 122 Å². The van der Waals surface area contributed by atoms with E-state index < -0.39 is 5.97 Å². The van der Waals surface area contributed by atoms with Gasteiger partial charge in [0.2, 0.25) is 0 Å². The van der Waals surface area contributed by atoms with Crippen LogP contribution in [0.15, 0.2) is 18.2 Å². The minimum absolute atomic E-state index is 0.0643. The number of aromatic hydroxyl groups is 1. The first kappa shape index (κ1) is 16.3. The fraction of sp³-hybridized carbons (Fsp3) is 0.429. The lowest BCUT2D eigenvalue weighted by Gasteiger charge is -2.11. The average molecular weight is 300 g/mol. The van der Waals surface area contributed by atoms with Gasteiger partial charge in [-0.25, -0.2) is 0 Å². The molecule has 1 amide bonds. The molecular weight excluding hydrogens is 282 g/mol. The number of carboxylic acid groups (broad SMARTS) is 1. The summed E-state index contributed by atoms with van der Waals surface area (Å²) < 4.78 is 0. The van der Waals surface area contributed by atoms with Crippen molar-refractivity contribution in [2.45, 2.75) is 26.2 Å². The van der Waals surface area contributed by atoms with E-state index >= 15 is 0 Å². The molecule has 1 atom stereocenters. The molecule has 0 aromatic heterocycles. The zero-order valence-corrected chi connectivity index (χ0v) is 12.0. The Morgan fingerprint density at radius 3 is 2.65 bits per heavy atom. The summed E-state index contributed by atoms with van der Waals surface area (Å²) in [6.45, 7) is 2.42. The van der Waals surface area contributed by atoms with Crippen LogP contribution in [-0.2, 0) is 4.79 Å². The summed E-state index contributed by atoms with van der Waals surface area (Å²) in [6.07, 6.45) is 1.45. The van der Waals surface area contributed by atoms with Gasteiger partial charge in [0, 0.05) is 18.5 Å². The molecule has 0 saturated carbocycles. The first-order valence-corrected chi connectivity index (χ1v) is 6.76. The number of phenols is 1. The van der Waals surface area contributed by atoms with Crippen LogP contribution in [0.1, 0.15) is 36.5 Å². The van der Waals surface area contributed by atoms with Crippen molar-refractivity contribution in [1.29, 1.82) is 0 Å². The first-order valence-electron chi connectivity index (χ1n) is 6.38. The van der Waals surface area contributed by atoms with Crippen molar-refractivity contribution in [3.05, 3.63) is 28.8 Å². The Morgan fingerprint density at radius 2 is 2.05 bits per heavy atom. The number of hydrogen-bond donors (Lipinski definition) is 3. The third-order valence-corrected chi connectivity index (χ3v) is 3.29. The van der Waals surface area contributed by atoms with Crippen LogP contribution in [0.3, 0.4) is 0 Å². The van der Waals surface area contributed by atoms with E-state index in [-0.39, 0.29) is 29.0 Å². The summed E-state index contributed by atoms with van der Waals surface area (Å²) in [7, 11) is 0. The fourth-order valence-corrected chi connectivity index (χ4v) is 1.88. The van der Waals surface area contributed by atoms with Gasteiger partial charge in [-0.05, 0) is 37.0 Å². The van der Waals surface area contributed by atoms with Gasteiger partial charge in [-0.15, -0.1) is 0 Å². The highest BCUT2D eigenvalue weighted by Crippen LogP contribution is 2.23. The lowest BCUT2D eigenvalue weighted by molar-refractivity contribution is -0.137. The number of halogens is 1. The first-order chi connectivity index (χ1) is 9.40. The topological polar surface area (TPSA) is 86.6 Å². The van der Waals surface area contributed by atoms with E-state index in [1.54, 1.807) is 0 Å². The Balaban J connectivity index is 2.36. The van der Waals surface area contributed by atoms with Gasteiger partial charge < -0.3 is 15.5 Å². The van der Waals surface area contributed by atoms with Crippen molar-refractivity contribution in [3.8, 4) is 5.75 Å².